The van der Waals surface area contributed by atoms with Crippen molar-refractivity contribution >= 4 is 45.7 Å². The minimum Gasteiger partial charge on any atom is -0.354 e. The average molecular weight is 525 g/mol. The number of carbonyl (C=O) groups is 2. The topological polar surface area (TPSA) is 87.5 Å². The normalized spacial score (nSPS) is 12.9. The fourth-order valence-corrected chi connectivity index (χ4v) is 5.85. The van der Waals surface area contributed by atoms with Crippen LogP contribution in [0, 0.1) is 0 Å². The molecule has 38 heavy (non-hydrogen) atoms. The summed E-state index contributed by atoms with van der Waals surface area (Å²) in [6.07, 6.45) is 1.36. The van der Waals surface area contributed by atoms with Gasteiger partial charge in [-0.05, 0) is 53.6 Å². The van der Waals surface area contributed by atoms with Gasteiger partial charge in [-0.3, -0.25) is 9.59 Å². The Bertz CT molecular complexity index is 1390. The van der Waals surface area contributed by atoms with Gasteiger partial charge in [-0.1, -0.05) is 78.5 Å². The first-order chi connectivity index (χ1) is 18.6. The molecule has 6 nitrogen and oxygen atoms in total. The van der Waals surface area contributed by atoms with E-state index in [0.717, 1.165) is 27.7 Å². The highest BCUT2D eigenvalue weighted by atomic mass is 32.2. The Morgan fingerprint density at radius 1 is 0.842 bits per heavy atom. The molecule has 0 bridgehead atoms. The first-order valence-electron chi connectivity index (χ1n) is 13.0. The molecule has 1 unspecified atom stereocenters. The molecule has 0 aliphatic carbocycles. The van der Waals surface area contributed by atoms with E-state index in [1.54, 1.807) is 11.8 Å². The molecule has 0 fully saturated rings. The fourth-order valence-electron chi connectivity index (χ4n) is 4.75. The molecule has 0 aromatic heterocycles. The second-order valence-corrected chi connectivity index (χ2v) is 10.5. The van der Waals surface area contributed by atoms with Gasteiger partial charge in [0.15, 0.2) is 0 Å². The predicted molar refractivity (Wildman–Crippen MR) is 155 cm³/mol. The number of fused-ring (bicyclic) bond motifs is 3. The van der Waals surface area contributed by atoms with Crippen LogP contribution >= 0.6 is 11.8 Å². The van der Waals surface area contributed by atoms with Crippen LogP contribution in [-0.2, 0) is 16.0 Å². The number of rotatable bonds is 10. The zero-order valence-electron chi connectivity index (χ0n) is 21.2. The second kappa shape index (κ2) is 12.2. The first kappa shape index (κ1) is 25.8. The van der Waals surface area contributed by atoms with E-state index >= 15 is 0 Å². The molecule has 2 amide bonds. The summed E-state index contributed by atoms with van der Waals surface area (Å²) in [7, 11) is 0. The van der Waals surface area contributed by atoms with E-state index in [-0.39, 0.29) is 18.2 Å². The van der Waals surface area contributed by atoms with Crippen molar-refractivity contribution in [3.05, 3.63) is 96.6 Å². The predicted octanol–water partition coefficient (Wildman–Crippen LogP) is 5.03. The van der Waals surface area contributed by atoms with Crippen LogP contribution in [0.5, 0.6) is 0 Å². The summed E-state index contributed by atoms with van der Waals surface area (Å²) in [6, 6.07) is 30.1. The van der Waals surface area contributed by atoms with Crippen molar-refractivity contribution in [1.82, 2.24) is 10.6 Å². The lowest BCUT2D eigenvalue weighted by atomic mass is 10.0. The van der Waals surface area contributed by atoms with Gasteiger partial charge < -0.3 is 21.3 Å². The Kier molecular flexibility index (Phi) is 8.26. The number of nitrogens with zero attached hydrogens (tertiary/aromatic N) is 1. The molecule has 4 aromatic rings. The number of para-hydroxylation sites is 2. The summed E-state index contributed by atoms with van der Waals surface area (Å²) in [6.45, 7) is 1.50. The van der Waals surface area contributed by atoms with Crippen LogP contribution in [0.2, 0.25) is 0 Å². The summed E-state index contributed by atoms with van der Waals surface area (Å²) in [5, 5.41) is 8.20. The van der Waals surface area contributed by atoms with Crippen molar-refractivity contribution in [1.29, 1.82) is 0 Å². The van der Waals surface area contributed by atoms with E-state index in [0.29, 0.717) is 32.5 Å². The van der Waals surface area contributed by atoms with Crippen molar-refractivity contribution < 1.29 is 9.59 Å². The third-order valence-corrected chi connectivity index (χ3v) is 7.81. The third kappa shape index (κ3) is 6.01. The second-order valence-electron chi connectivity index (χ2n) is 9.38. The van der Waals surface area contributed by atoms with Crippen LogP contribution in [-0.4, -0.2) is 37.5 Å². The molecule has 194 valence electrons. The summed E-state index contributed by atoms with van der Waals surface area (Å²) >= 11 is 1.74. The number of carbonyl (C=O) groups excluding carboxylic acids is 2. The zero-order chi connectivity index (χ0) is 26.3. The molecule has 5 rings (SSSR count). The minimum absolute atomic E-state index is 0.155. The van der Waals surface area contributed by atoms with Crippen LogP contribution in [0.15, 0.2) is 101 Å². The number of nitrogens with one attached hydrogen (secondary N) is 2. The highest BCUT2D eigenvalue weighted by Gasteiger charge is 2.25. The summed E-state index contributed by atoms with van der Waals surface area (Å²) < 4.78 is 0. The number of benzene rings is 4. The highest BCUT2D eigenvalue weighted by molar-refractivity contribution is 7.99. The molecule has 0 spiro atoms. The van der Waals surface area contributed by atoms with Gasteiger partial charge in [0.2, 0.25) is 11.8 Å². The Hall–Kier alpha value is -3.81. The molecule has 4 aromatic carbocycles. The van der Waals surface area contributed by atoms with Gasteiger partial charge in [0.1, 0.15) is 6.04 Å². The van der Waals surface area contributed by atoms with Gasteiger partial charge in [-0.2, -0.15) is 0 Å². The van der Waals surface area contributed by atoms with Gasteiger partial charge in [0.25, 0.3) is 0 Å². The maximum absolute atomic E-state index is 13.2. The summed E-state index contributed by atoms with van der Waals surface area (Å²) in [5.74, 6) is -0.344. The average Bonchev–Trinajstić information content (AvgIpc) is 2.95. The van der Waals surface area contributed by atoms with Crippen LogP contribution in [0.25, 0.3) is 10.8 Å². The number of nitrogens with two attached hydrogens (primary N) is 1. The Morgan fingerprint density at radius 2 is 1.50 bits per heavy atom. The third-order valence-electron chi connectivity index (χ3n) is 6.68. The van der Waals surface area contributed by atoms with Gasteiger partial charge >= 0.3 is 0 Å². The van der Waals surface area contributed by atoms with E-state index in [1.807, 2.05) is 42.5 Å². The number of hydrogen-bond donors (Lipinski definition) is 3. The number of amides is 2. The van der Waals surface area contributed by atoms with E-state index in [1.165, 1.54) is 9.79 Å². The summed E-state index contributed by atoms with van der Waals surface area (Å²) in [5.41, 5.74) is 8.79. The Balaban J connectivity index is 1.30. The fraction of sp³-hybridized carbons (Fsp3) is 0.226. The molecular weight excluding hydrogens is 492 g/mol. The molecule has 0 saturated heterocycles. The van der Waals surface area contributed by atoms with Gasteiger partial charge in [0.05, 0.1) is 11.4 Å². The molecule has 1 aliphatic rings. The monoisotopic (exact) mass is 524 g/mol. The lowest BCUT2D eigenvalue weighted by Gasteiger charge is -2.32. The van der Waals surface area contributed by atoms with E-state index < -0.39 is 6.04 Å². The largest absolute Gasteiger partial charge is 0.354 e. The maximum atomic E-state index is 13.2. The smallest absolute Gasteiger partial charge is 0.242 e. The molecule has 4 N–H and O–H groups in total. The molecular formula is C31H32N4O2S. The van der Waals surface area contributed by atoms with E-state index in [4.69, 9.17) is 5.73 Å². The molecule has 0 radical (unpaired) electrons. The van der Waals surface area contributed by atoms with E-state index in [9.17, 15) is 9.59 Å². The number of anilines is 2. The Morgan fingerprint density at radius 3 is 2.21 bits per heavy atom. The zero-order valence-corrected chi connectivity index (χ0v) is 22.0. The standard InChI is InChI=1S/C31H32N4O2S/c32-17-7-18-33-31(37)25(21-22-14-15-23-8-1-2-9-24(23)20-22)34-30(36)16-19-35-26-10-3-5-12-28(26)38-29-13-6-4-11-27(29)35/h1-6,8-15,20,25H,7,16-19,21,32H2,(H,33,37)(H,34,36). The van der Waals surface area contributed by atoms with Crippen molar-refractivity contribution in [2.24, 2.45) is 5.73 Å². The quantitative estimate of drug-likeness (QED) is 0.254. The van der Waals surface area contributed by atoms with Crippen LogP contribution in [0.3, 0.4) is 0 Å². The molecule has 1 aliphatic heterocycles. The maximum Gasteiger partial charge on any atom is 0.242 e. The molecule has 1 heterocycles. The van der Waals surface area contributed by atoms with Crippen molar-refractivity contribution in [3.63, 3.8) is 0 Å². The number of hydrogen-bond acceptors (Lipinski definition) is 5. The lowest BCUT2D eigenvalue weighted by molar-refractivity contribution is -0.128. The van der Waals surface area contributed by atoms with Crippen molar-refractivity contribution in [2.75, 3.05) is 24.5 Å². The van der Waals surface area contributed by atoms with E-state index in [2.05, 4.69) is 64.1 Å². The summed E-state index contributed by atoms with van der Waals surface area (Å²) in [4.78, 5) is 30.8. The van der Waals surface area contributed by atoms with Gasteiger partial charge in [-0.25, -0.2) is 0 Å². The SMILES string of the molecule is NCCCNC(=O)C(Cc1ccc2ccccc2c1)NC(=O)CCN1c2ccccc2Sc2ccccc21. The van der Waals surface area contributed by atoms with Crippen molar-refractivity contribution in [2.45, 2.75) is 35.1 Å². The molecule has 7 heteroatoms. The van der Waals surface area contributed by atoms with Gasteiger partial charge in [0, 0.05) is 35.7 Å². The Labute approximate surface area is 227 Å². The lowest BCUT2D eigenvalue weighted by Crippen LogP contribution is -2.48. The molecule has 1 atom stereocenters. The molecule has 0 saturated carbocycles. The first-order valence-corrected chi connectivity index (χ1v) is 13.8. The van der Waals surface area contributed by atoms with Crippen LogP contribution < -0.4 is 21.3 Å². The minimum atomic E-state index is -0.669. The van der Waals surface area contributed by atoms with Crippen LogP contribution in [0.1, 0.15) is 18.4 Å². The van der Waals surface area contributed by atoms with Gasteiger partial charge in [-0.15, -0.1) is 0 Å². The highest BCUT2D eigenvalue weighted by Crippen LogP contribution is 2.47. The van der Waals surface area contributed by atoms with Crippen molar-refractivity contribution in [3.8, 4) is 0 Å². The van der Waals surface area contributed by atoms with Crippen LogP contribution in [0.4, 0.5) is 11.4 Å².